The number of hydrogen-bond acceptors (Lipinski definition) is 7. The maximum absolute atomic E-state index is 12.5. The van der Waals surface area contributed by atoms with E-state index in [1.165, 1.54) is 38.6 Å². The van der Waals surface area contributed by atoms with E-state index >= 15 is 0 Å². The van der Waals surface area contributed by atoms with Crippen molar-refractivity contribution < 1.29 is 23.8 Å². The Morgan fingerprint density at radius 2 is 1.81 bits per heavy atom. The van der Waals surface area contributed by atoms with Crippen molar-refractivity contribution in [1.82, 2.24) is 9.97 Å². The van der Waals surface area contributed by atoms with Gasteiger partial charge >= 0.3 is 5.97 Å². The molecule has 3 aromatic rings. The third-order valence-corrected chi connectivity index (χ3v) is 4.84. The number of carbonyl (C=O) groups excluding carboxylic acids is 2. The first-order valence-electron chi connectivity index (χ1n) is 9.41. The Balaban J connectivity index is 1.63. The molecule has 1 atom stereocenters. The predicted octanol–water partition coefficient (Wildman–Crippen LogP) is 4.56. The van der Waals surface area contributed by atoms with Crippen molar-refractivity contribution in [3.63, 3.8) is 0 Å². The molecule has 1 amide bonds. The average Bonchev–Trinajstić information content (AvgIpc) is 2.79. The van der Waals surface area contributed by atoms with Gasteiger partial charge in [0.05, 0.1) is 12.7 Å². The minimum Gasteiger partial charge on any atom is -0.493 e. The van der Waals surface area contributed by atoms with Crippen molar-refractivity contribution in [2.45, 2.75) is 19.6 Å². The van der Waals surface area contributed by atoms with Crippen LogP contribution in [0.25, 0.3) is 0 Å². The molecule has 0 spiro atoms. The van der Waals surface area contributed by atoms with E-state index in [0.29, 0.717) is 21.5 Å². The lowest BCUT2D eigenvalue weighted by atomic mass is 10.2. The number of ether oxygens (including phenoxy) is 3. The number of nitrogens with one attached hydrogen (secondary N) is 1. The van der Waals surface area contributed by atoms with Crippen molar-refractivity contribution in [3.05, 3.63) is 76.0 Å². The smallest absolute Gasteiger partial charge is 0.339 e. The van der Waals surface area contributed by atoms with Crippen LogP contribution in [0.5, 0.6) is 11.5 Å². The van der Waals surface area contributed by atoms with Gasteiger partial charge in [0.1, 0.15) is 6.61 Å². The lowest BCUT2D eigenvalue weighted by molar-refractivity contribution is -0.123. The van der Waals surface area contributed by atoms with Gasteiger partial charge in [-0.05, 0) is 43.3 Å². The summed E-state index contributed by atoms with van der Waals surface area (Å²) in [5.41, 5.74) is 0.929. The van der Waals surface area contributed by atoms with Crippen LogP contribution in [0.3, 0.4) is 0 Å². The largest absolute Gasteiger partial charge is 0.493 e. The van der Waals surface area contributed by atoms with Crippen molar-refractivity contribution in [2.75, 3.05) is 12.4 Å². The second kappa shape index (κ2) is 10.8. The molecule has 0 radical (unpaired) electrons. The molecule has 1 unspecified atom stereocenters. The molecule has 0 fully saturated rings. The molecular formula is C22H19Cl2N3O5. The van der Waals surface area contributed by atoms with E-state index in [1.807, 2.05) is 0 Å². The summed E-state index contributed by atoms with van der Waals surface area (Å²) in [6.45, 7) is 1.62. The molecule has 1 aromatic heterocycles. The van der Waals surface area contributed by atoms with Gasteiger partial charge in [0.25, 0.3) is 5.91 Å². The Hall–Kier alpha value is -3.36. The van der Waals surface area contributed by atoms with Crippen LogP contribution in [-0.2, 0) is 16.1 Å². The summed E-state index contributed by atoms with van der Waals surface area (Å²) >= 11 is 12.1. The van der Waals surface area contributed by atoms with Crippen LogP contribution in [0.1, 0.15) is 22.8 Å². The molecule has 166 valence electrons. The molecule has 0 saturated heterocycles. The van der Waals surface area contributed by atoms with Gasteiger partial charge in [-0.1, -0.05) is 29.3 Å². The molecule has 0 bridgehead atoms. The van der Waals surface area contributed by atoms with Crippen LogP contribution >= 0.6 is 23.2 Å². The van der Waals surface area contributed by atoms with Gasteiger partial charge in [-0.15, -0.1) is 0 Å². The van der Waals surface area contributed by atoms with E-state index in [0.717, 1.165) is 5.56 Å². The van der Waals surface area contributed by atoms with E-state index in [-0.39, 0.29) is 18.1 Å². The minimum absolute atomic E-state index is 0.115. The van der Waals surface area contributed by atoms with Gasteiger partial charge in [0.15, 0.2) is 17.6 Å². The molecule has 0 aliphatic heterocycles. The van der Waals surface area contributed by atoms with Crippen molar-refractivity contribution in [2.24, 2.45) is 0 Å². The second-order valence-corrected chi connectivity index (χ2v) is 7.34. The van der Waals surface area contributed by atoms with Gasteiger partial charge in [-0.2, -0.15) is 0 Å². The zero-order chi connectivity index (χ0) is 23.1. The van der Waals surface area contributed by atoms with Crippen LogP contribution in [0.4, 0.5) is 5.95 Å². The highest BCUT2D eigenvalue weighted by molar-refractivity contribution is 6.35. The average molecular weight is 476 g/mol. The summed E-state index contributed by atoms with van der Waals surface area (Å²) in [5, 5.41) is 3.47. The van der Waals surface area contributed by atoms with Crippen LogP contribution < -0.4 is 14.8 Å². The Morgan fingerprint density at radius 3 is 2.50 bits per heavy atom. The van der Waals surface area contributed by atoms with Gasteiger partial charge in [0, 0.05) is 28.0 Å². The highest BCUT2D eigenvalue weighted by Crippen LogP contribution is 2.30. The van der Waals surface area contributed by atoms with Gasteiger partial charge in [0.2, 0.25) is 5.95 Å². The van der Waals surface area contributed by atoms with E-state index < -0.39 is 18.0 Å². The third kappa shape index (κ3) is 6.09. The zero-order valence-corrected chi connectivity index (χ0v) is 18.7. The van der Waals surface area contributed by atoms with Crippen LogP contribution in [0, 0.1) is 0 Å². The molecular weight excluding hydrogens is 457 g/mol. The number of methoxy groups -OCH3 is 1. The summed E-state index contributed by atoms with van der Waals surface area (Å²) < 4.78 is 16.3. The second-order valence-electron chi connectivity index (χ2n) is 6.50. The number of carbonyl (C=O) groups is 2. The molecule has 0 aliphatic carbocycles. The summed E-state index contributed by atoms with van der Waals surface area (Å²) in [6.07, 6.45) is 1.90. The maximum atomic E-state index is 12.5. The number of benzene rings is 2. The Morgan fingerprint density at radius 1 is 1.06 bits per heavy atom. The van der Waals surface area contributed by atoms with E-state index in [1.54, 1.807) is 30.3 Å². The lowest BCUT2D eigenvalue weighted by Gasteiger charge is -2.15. The fourth-order valence-electron chi connectivity index (χ4n) is 2.57. The first kappa shape index (κ1) is 23.3. The van der Waals surface area contributed by atoms with Crippen LogP contribution in [-0.4, -0.2) is 35.1 Å². The number of nitrogens with zero attached hydrogens (tertiary/aromatic N) is 2. The number of anilines is 1. The molecule has 8 nitrogen and oxygen atoms in total. The van der Waals surface area contributed by atoms with Crippen molar-refractivity contribution in [3.8, 4) is 11.5 Å². The SMILES string of the molecule is COc1cc(C(=O)OC(C)C(=O)Nc2ncccn2)ccc1OCc1ccc(Cl)cc1Cl. The minimum atomic E-state index is -1.07. The molecule has 1 heterocycles. The van der Waals surface area contributed by atoms with Crippen LogP contribution in [0.15, 0.2) is 54.9 Å². The van der Waals surface area contributed by atoms with Gasteiger partial charge in [-0.25, -0.2) is 14.8 Å². The number of hydrogen-bond donors (Lipinski definition) is 1. The third-order valence-electron chi connectivity index (χ3n) is 4.25. The van der Waals surface area contributed by atoms with E-state index in [2.05, 4.69) is 15.3 Å². The molecule has 0 saturated carbocycles. The Bertz CT molecular complexity index is 1110. The lowest BCUT2D eigenvalue weighted by Crippen LogP contribution is -2.30. The molecule has 1 N–H and O–H groups in total. The fourth-order valence-corrected chi connectivity index (χ4v) is 3.03. The zero-order valence-electron chi connectivity index (χ0n) is 17.2. The quantitative estimate of drug-likeness (QED) is 0.476. The van der Waals surface area contributed by atoms with Gasteiger partial charge < -0.3 is 14.2 Å². The topological polar surface area (TPSA) is 99.6 Å². The van der Waals surface area contributed by atoms with E-state index in [9.17, 15) is 9.59 Å². The Labute approximate surface area is 194 Å². The summed E-state index contributed by atoms with van der Waals surface area (Å²) in [4.78, 5) is 32.5. The summed E-state index contributed by atoms with van der Waals surface area (Å²) in [6, 6.07) is 11.3. The number of aromatic nitrogens is 2. The monoisotopic (exact) mass is 475 g/mol. The molecule has 2 aromatic carbocycles. The molecule has 10 heteroatoms. The normalized spacial score (nSPS) is 11.4. The maximum Gasteiger partial charge on any atom is 0.339 e. The molecule has 32 heavy (non-hydrogen) atoms. The van der Waals surface area contributed by atoms with Crippen LogP contribution in [0.2, 0.25) is 10.0 Å². The van der Waals surface area contributed by atoms with Crippen molar-refractivity contribution in [1.29, 1.82) is 0 Å². The number of esters is 1. The molecule has 0 aliphatic rings. The first-order chi connectivity index (χ1) is 15.4. The number of rotatable bonds is 8. The predicted molar refractivity (Wildman–Crippen MR) is 119 cm³/mol. The Kier molecular flexibility index (Phi) is 7.86. The summed E-state index contributed by atoms with van der Waals surface area (Å²) in [7, 11) is 1.45. The number of amides is 1. The first-order valence-corrected chi connectivity index (χ1v) is 10.2. The highest BCUT2D eigenvalue weighted by atomic mass is 35.5. The van der Waals surface area contributed by atoms with Crippen molar-refractivity contribution >= 4 is 41.0 Å². The highest BCUT2D eigenvalue weighted by Gasteiger charge is 2.21. The summed E-state index contributed by atoms with van der Waals surface area (Å²) in [5.74, 6) is -0.422. The standard InChI is InChI=1S/C22H19Cl2N3O5/c1-13(20(28)27-22-25-8-3-9-26-22)32-21(29)14-5-7-18(19(10-14)30-2)31-12-15-4-6-16(23)11-17(15)24/h3-11,13H,12H2,1-2H3,(H,25,26,27,28). The van der Waals surface area contributed by atoms with Gasteiger partial charge in [-0.3, -0.25) is 10.1 Å². The number of halogens is 2. The van der Waals surface area contributed by atoms with E-state index in [4.69, 9.17) is 37.4 Å². The molecule has 3 rings (SSSR count). The fraction of sp³-hybridized carbons (Fsp3) is 0.182.